The van der Waals surface area contributed by atoms with Crippen molar-refractivity contribution in [2.45, 2.75) is 34.1 Å². The summed E-state index contributed by atoms with van der Waals surface area (Å²) in [4.78, 5) is 36.5. The third-order valence-electron chi connectivity index (χ3n) is 4.92. The van der Waals surface area contributed by atoms with Gasteiger partial charge in [-0.15, -0.1) is 0 Å². The van der Waals surface area contributed by atoms with Crippen molar-refractivity contribution in [3.8, 4) is 0 Å². The Bertz CT molecular complexity index is 440. The number of fused-ring (bicyclic) bond motifs is 1. The normalized spacial score (nSPS) is 31.7. The number of ketones is 1. The molecule has 3 atom stereocenters. The second-order valence-corrected chi connectivity index (χ2v) is 6.86. The molecule has 0 unspecified atom stereocenters. The Labute approximate surface area is 119 Å². The third kappa shape index (κ3) is 2.13. The van der Waals surface area contributed by atoms with E-state index in [9.17, 15) is 14.4 Å². The summed E-state index contributed by atoms with van der Waals surface area (Å²) in [5.41, 5.74) is -0.234. The molecule has 0 aromatic carbocycles. The lowest BCUT2D eigenvalue weighted by Gasteiger charge is -2.32. The standard InChI is InChI=1S/C15H23NO4/c1-5-20-12(19)6-11(18)13-10-7-16(9-17)8-15(10,13)14(2,3)4/h9-10,13H,5-8H2,1-4H3/t10-,13-,15-/m0/s1. The minimum atomic E-state index is -0.446. The Morgan fingerprint density at radius 1 is 1.40 bits per heavy atom. The Morgan fingerprint density at radius 3 is 2.50 bits per heavy atom. The van der Waals surface area contributed by atoms with E-state index in [1.54, 1.807) is 11.8 Å². The van der Waals surface area contributed by atoms with Gasteiger partial charge in [-0.05, 0) is 18.3 Å². The average Bonchev–Trinajstić information content (AvgIpc) is 2.81. The number of hydrogen-bond acceptors (Lipinski definition) is 4. The van der Waals surface area contributed by atoms with Gasteiger partial charge in [0.2, 0.25) is 6.41 Å². The summed E-state index contributed by atoms with van der Waals surface area (Å²) < 4.78 is 4.85. The summed E-state index contributed by atoms with van der Waals surface area (Å²) in [6.45, 7) is 9.57. The van der Waals surface area contributed by atoms with Gasteiger partial charge in [0.05, 0.1) is 6.61 Å². The fourth-order valence-electron chi connectivity index (χ4n) is 3.97. The highest BCUT2D eigenvalue weighted by Gasteiger charge is 2.75. The maximum atomic E-state index is 12.3. The van der Waals surface area contributed by atoms with Crippen LogP contribution in [0, 0.1) is 22.7 Å². The Kier molecular flexibility index (Phi) is 3.65. The van der Waals surface area contributed by atoms with Gasteiger partial charge in [0.25, 0.3) is 0 Å². The van der Waals surface area contributed by atoms with Crippen molar-refractivity contribution in [1.29, 1.82) is 0 Å². The maximum Gasteiger partial charge on any atom is 0.313 e. The van der Waals surface area contributed by atoms with Crippen LogP contribution in [0.15, 0.2) is 0 Å². The summed E-state index contributed by atoms with van der Waals surface area (Å²) >= 11 is 0. The number of hydrogen-bond donors (Lipinski definition) is 0. The molecule has 0 aromatic heterocycles. The molecule has 0 bridgehead atoms. The second kappa shape index (κ2) is 4.86. The molecule has 1 saturated heterocycles. The first-order valence-electron chi connectivity index (χ1n) is 7.15. The highest BCUT2D eigenvalue weighted by molar-refractivity contribution is 5.99. The minimum Gasteiger partial charge on any atom is -0.466 e. The van der Waals surface area contributed by atoms with Crippen LogP contribution in [0.3, 0.4) is 0 Å². The van der Waals surface area contributed by atoms with Crippen LogP contribution in [0.2, 0.25) is 0 Å². The van der Waals surface area contributed by atoms with E-state index in [4.69, 9.17) is 4.74 Å². The number of likely N-dealkylation sites (tertiary alicyclic amines) is 1. The van der Waals surface area contributed by atoms with Crippen LogP contribution in [0.5, 0.6) is 0 Å². The van der Waals surface area contributed by atoms with E-state index in [2.05, 4.69) is 20.8 Å². The number of rotatable bonds is 5. The predicted octanol–water partition coefficient (Wildman–Crippen LogP) is 1.26. The van der Waals surface area contributed by atoms with Gasteiger partial charge in [-0.3, -0.25) is 14.4 Å². The van der Waals surface area contributed by atoms with Gasteiger partial charge in [-0.2, -0.15) is 0 Å². The summed E-state index contributed by atoms with van der Waals surface area (Å²) in [6.07, 6.45) is 0.709. The van der Waals surface area contributed by atoms with Crippen molar-refractivity contribution < 1.29 is 19.1 Å². The van der Waals surface area contributed by atoms with E-state index in [1.807, 2.05) is 0 Å². The molecule has 1 amide bonds. The number of nitrogens with zero attached hydrogens (tertiary/aromatic N) is 1. The van der Waals surface area contributed by atoms with Crippen LogP contribution in [0.4, 0.5) is 0 Å². The quantitative estimate of drug-likeness (QED) is 0.432. The molecule has 1 heterocycles. The molecule has 1 aliphatic carbocycles. The lowest BCUT2D eigenvalue weighted by molar-refractivity contribution is -0.146. The molecule has 0 spiro atoms. The SMILES string of the molecule is CCOC(=O)CC(=O)[C@@H]1[C@@H]2CN(C=O)C[C@@]12C(C)(C)C. The van der Waals surface area contributed by atoms with Crippen molar-refractivity contribution in [3.63, 3.8) is 0 Å². The van der Waals surface area contributed by atoms with E-state index >= 15 is 0 Å². The molecule has 112 valence electrons. The molecule has 5 heteroatoms. The van der Waals surface area contributed by atoms with Gasteiger partial charge in [0, 0.05) is 24.4 Å². The van der Waals surface area contributed by atoms with Gasteiger partial charge in [-0.1, -0.05) is 20.8 Å². The van der Waals surface area contributed by atoms with Crippen LogP contribution in [-0.4, -0.2) is 42.8 Å². The molecule has 1 aliphatic heterocycles. The highest BCUT2D eigenvalue weighted by Crippen LogP contribution is 2.71. The van der Waals surface area contributed by atoms with E-state index in [0.717, 1.165) is 6.41 Å². The van der Waals surface area contributed by atoms with Gasteiger partial charge < -0.3 is 9.64 Å². The van der Waals surface area contributed by atoms with Crippen LogP contribution >= 0.6 is 0 Å². The van der Waals surface area contributed by atoms with E-state index < -0.39 is 5.97 Å². The monoisotopic (exact) mass is 281 g/mol. The molecule has 5 nitrogen and oxygen atoms in total. The lowest BCUT2D eigenvalue weighted by Crippen LogP contribution is -2.35. The minimum absolute atomic E-state index is 0.0334. The van der Waals surface area contributed by atoms with Crippen LogP contribution in [0.25, 0.3) is 0 Å². The number of carbonyl (C=O) groups excluding carboxylic acids is 3. The Hall–Kier alpha value is -1.39. The number of esters is 1. The smallest absolute Gasteiger partial charge is 0.313 e. The van der Waals surface area contributed by atoms with Gasteiger partial charge in [0.15, 0.2) is 0 Å². The van der Waals surface area contributed by atoms with Crippen LogP contribution in [-0.2, 0) is 19.1 Å². The van der Waals surface area contributed by atoms with Crippen molar-refractivity contribution >= 4 is 18.2 Å². The van der Waals surface area contributed by atoms with Gasteiger partial charge >= 0.3 is 5.97 Å². The zero-order chi connectivity index (χ0) is 15.1. The first-order chi connectivity index (χ1) is 9.27. The van der Waals surface area contributed by atoms with Gasteiger partial charge in [0.1, 0.15) is 12.2 Å². The van der Waals surface area contributed by atoms with Crippen molar-refractivity contribution in [2.24, 2.45) is 22.7 Å². The predicted molar refractivity (Wildman–Crippen MR) is 72.8 cm³/mol. The zero-order valence-electron chi connectivity index (χ0n) is 12.6. The second-order valence-electron chi connectivity index (χ2n) is 6.86. The molecule has 0 N–H and O–H groups in total. The number of amides is 1. The number of ether oxygens (including phenoxy) is 1. The molecule has 0 aromatic rings. The van der Waals surface area contributed by atoms with Gasteiger partial charge in [-0.25, -0.2) is 0 Å². The Morgan fingerprint density at radius 2 is 2.05 bits per heavy atom. The van der Waals surface area contributed by atoms with Crippen molar-refractivity contribution in [2.75, 3.05) is 19.7 Å². The molecular weight excluding hydrogens is 258 g/mol. The highest BCUT2D eigenvalue weighted by atomic mass is 16.5. The number of piperidine rings is 1. The summed E-state index contributed by atoms with van der Waals surface area (Å²) in [7, 11) is 0. The van der Waals surface area contributed by atoms with Crippen LogP contribution in [0.1, 0.15) is 34.1 Å². The largest absolute Gasteiger partial charge is 0.466 e. The average molecular weight is 281 g/mol. The van der Waals surface area contributed by atoms with Crippen LogP contribution < -0.4 is 0 Å². The topological polar surface area (TPSA) is 63.7 Å². The Balaban J connectivity index is 2.10. The van der Waals surface area contributed by atoms with Crippen molar-refractivity contribution in [1.82, 2.24) is 4.90 Å². The van der Waals surface area contributed by atoms with E-state index in [-0.39, 0.29) is 34.9 Å². The first-order valence-corrected chi connectivity index (χ1v) is 7.15. The molecule has 2 rings (SSSR count). The third-order valence-corrected chi connectivity index (χ3v) is 4.92. The molecule has 20 heavy (non-hydrogen) atoms. The number of carbonyl (C=O) groups is 3. The van der Waals surface area contributed by atoms with E-state index in [0.29, 0.717) is 19.7 Å². The zero-order valence-corrected chi connectivity index (χ0v) is 12.6. The van der Waals surface area contributed by atoms with Crippen molar-refractivity contribution in [3.05, 3.63) is 0 Å². The fraction of sp³-hybridized carbons (Fsp3) is 0.800. The lowest BCUT2D eigenvalue weighted by atomic mass is 9.75. The molecule has 0 radical (unpaired) electrons. The molecular formula is C15H23NO4. The molecule has 2 fully saturated rings. The number of Topliss-reactive ketones (excluding diaryl/α,β-unsaturated/α-hetero) is 1. The summed E-state index contributed by atoms with van der Waals surface area (Å²) in [6, 6.07) is 0. The summed E-state index contributed by atoms with van der Waals surface area (Å²) in [5, 5.41) is 0. The first kappa shape index (κ1) is 15.0. The molecule has 1 saturated carbocycles. The fourth-order valence-corrected chi connectivity index (χ4v) is 3.97. The summed E-state index contributed by atoms with van der Waals surface area (Å²) in [5.74, 6) is -0.398. The molecule has 2 aliphatic rings. The van der Waals surface area contributed by atoms with E-state index in [1.165, 1.54) is 0 Å². The maximum absolute atomic E-state index is 12.3.